The predicted octanol–water partition coefficient (Wildman–Crippen LogP) is 1.86. The molecule has 2 atom stereocenters. The second-order valence-corrected chi connectivity index (χ2v) is 5.27. The first-order chi connectivity index (χ1) is 8.63. The number of nitrogens with one attached hydrogen (secondary N) is 1. The van der Waals surface area contributed by atoms with Gasteiger partial charge in [0.15, 0.2) is 0 Å². The molecule has 18 heavy (non-hydrogen) atoms. The molecule has 2 N–H and O–H groups in total. The Hall–Kier alpha value is -1.49. The van der Waals surface area contributed by atoms with Crippen LogP contribution in [0.25, 0.3) is 0 Å². The van der Waals surface area contributed by atoms with Crippen LogP contribution in [0.3, 0.4) is 0 Å². The van der Waals surface area contributed by atoms with Crippen LogP contribution in [0.15, 0.2) is 29.2 Å². The lowest BCUT2D eigenvalue weighted by Crippen LogP contribution is -2.42. The molecule has 96 valence electrons. The second-order valence-electron chi connectivity index (χ2n) is 4.21. The van der Waals surface area contributed by atoms with E-state index in [1.165, 1.54) is 0 Å². The molecule has 0 radical (unpaired) electrons. The van der Waals surface area contributed by atoms with Gasteiger partial charge in [-0.2, -0.15) is 0 Å². The van der Waals surface area contributed by atoms with Crippen molar-refractivity contribution in [3.8, 4) is 0 Å². The predicted molar refractivity (Wildman–Crippen MR) is 69.8 cm³/mol. The topological polar surface area (TPSA) is 66.4 Å². The molecule has 0 saturated carbocycles. The molecule has 0 aliphatic carbocycles. The Balaban J connectivity index is 2.10. The number of thioether (sulfide) groups is 1. The van der Waals surface area contributed by atoms with Gasteiger partial charge in [-0.3, -0.25) is 4.79 Å². The summed E-state index contributed by atoms with van der Waals surface area (Å²) in [6, 6.07) is 6.97. The summed E-state index contributed by atoms with van der Waals surface area (Å²) in [5.74, 6) is -0.729. The first-order valence-electron chi connectivity index (χ1n) is 5.88. The summed E-state index contributed by atoms with van der Waals surface area (Å²) in [6.07, 6.45) is 0.391. The van der Waals surface area contributed by atoms with Gasteiger partial charge in [-0.1, -0.05) is 25.1 Å². The van der Waals surface area contributed by atoms with Crippen LogP contribution in [0, 0.1) is 0 Å². The Kier molecular flexibility index (Phi) is 3.91. The van der Waals surface area contributed by atoms with E-state index >= 15 is 0 Å². The van der Waals surface area contributed by atoms with Crippen LogP contribution in [-0.2, 0) is 9.59 Å². The van der Waals surface area contributed by atoms with Crippen molar-refractivity contribution < 1.29 is 14.7 Å². The highest BCUT2D eigenvalue weighted by molar-refractivity contribution is 7.99. The summed E-state index contributed by atoms with van der Waals surface area (Å²) in [5, 5.41) is 11.5. The average Bonchev–Trinajstić information content (AvgIpc) is 2.79. The summed E-state index contributed by atoms with van der Waals surface area (Å²) < 4.78 is 0. The molecule has 1 aliphatic rings. The maximum atomic E-state index is 12.1. The van der Waals surface area contributed by atoms with Crippen LogP contribution in [0.5, 0.6) is 0 Å². The van der Waals surface area contributed by atoms with Gasteiger partial charge in [0.25, 0.3) is 0 Å². The fraction of sp³-hybridized carbons (Fsp3) is 0.385. The molecule has 4 nitrogen and oxygen atoms in total. The minimum absolute atomic E-state index is 0.193. The van der Waals surface area contributed by atoms with Crippen molar-refractivity contribution in [3.63, 3.8) is 0 Å². The third-order valence-corrected chi connectivity index (χ3v) is 4.22. The molecule has 0 saturated heterocycles. The van der Waals surface area contributed by atoms with Gasteiger partial charge in [0.1, 0.15) is 6.04 Å². The smallest absolute Gasteiger partial charge is 0.326 e. The molecule has 1 aromatic carbocycles. The molecule has 0 aromatic heterocycles. The molecule has 0 bridgehead atoms. The van der Waals surface area contributed by atoms with E-state index in [0.717, 1.165) is 10.5 Å². The summed E-state index contributed by atoms with van der Waals surface area (Å²) in [7, 11) is 0. The van der Waals surface area contributed by atoms with Crippen molar-refractivity contribution in [2.45, 2.75) is 30.2 Å². The number of carboxylic acids is 1. The van der Waals surface area contributed by atoms with Crippen molar-refractivity contribution in [2.75, 3.05) is 5.75 Å². The monoisotopic (exact) mass is 265 g/mol. The summed E-state index contributed by atoms with van der Waals surface area (Å²) in [6.45, 7) is 1.75. The normalized spacial score (nSPS) is 19.1. The molecule has 1 aromatic rings. The molecule has 1 amide bonds. The highest BCUT2D eigenvalue weighted by atomic mass is 32.2. The third kappa shape index (κ3) is 2.51. The van der Waals surface area contributed by atoms with Gasteiger partial charge in [-0.25, -0.2) is 4.79 Å². The Bertz CT molecular complexity index is 475. The minimum Gasteiger partial charge on any atom is -0.480 e. The maximum absolute atomic E-state index is 12.1. The van der Waals surface area contributed by atoms with E-state index in [1.54, 1.807) is 18.7 Å². The second kappa shape index (κ2) is 5.44. The van der Waals surface area contributed by atoms with E-state index in [1.807, 2.05) is 24.3 Å². The lowest BCUT2D eigenvalue weighted by atomic mass is 10.00. The summed E-state index contributed by atoms with van der Waals surface area (Å²) >= 11 is 1.64. The van der Waals surface area contributed by atoms with E-state index in [9.17, 15) is 9.59 Å². The van der Waals surface area contributed by atoms with Gasteiger partial charge >= 0.3 is 5.97 Å². The zero-order valence-electron chi connectivity index (χ0n) is 10.1. The standard InChI is InChI=1S/C13H15NO3S/c1-2-10(13(16)17)14-12(15)9-7-18-11-6-4-3-5-8(9)11/h3-6,9-10H,2,7H2,1H3,(H,14,15)(H,16,17)/t9?,10-/m0/s1. The van der Waals surface area contributed by atoms with Gasteiger partial charge in [0.2, 0.25) is 5.91 Å². The number of fused-ring (bicyclic) bond motifs is 1. The molecular formula is C13H15NO3S. The lowest BCUT2D eigenvalue weighted by Gasteiger charge is -2.16. The van der Waals surface area contributed by atoms with E-state index in [4.69, 9.17) is 5.11 Å². The Morgan fingerprint density at radius 2 is 2.22 bits per heavy atom. The number of hydrogen-bond acceptors (Lipinski definition) is 3. The molecule has 2 rings (SSSR count). The maximum Gasteiger partial charge on any atom is 0.326 e. The Labute approximate surface area is 110 Å². The highest BCUT2D eigenvalue weighted by Gasteiger charge is 2.31. The zero-order valence-corrected chi connectivity index (χ0v) is 10.9. The van der Waals surface area contributed by atoms with Crippen molar-refractivity contribution >= 4 is 23.6 Å². The largest absolute Gasteiger partial charge is 0.480 e. The van der Waals surface area contributed by atoms with Crippen molar-refractivity contribution in [1.82, 2.24) is 5.32 Å². The van der Waals surface area contributed by atoms with Gasteiger partial charge in [-0.05, 0) is 18.1 Å². The Morgan fingerprint density at radius 3 is 2.89 bits per heavy atom. The minimum atomic E-state index is -0.982. The first-order valence-corrected chi connectivity index (χ1v) is 6.87. The SMILES string of the molecule is CC[C@H](NC(=O)C1CSc2ccccc21)C(=O)O. The van der Waals surface area contributed by atoms with Crippen LogP contribution >= 0.6 is 11.8 Å². The van der Waals surface area contributed by atoms with Crippen molar-refractivity contribution in [1.29, 1.82) is 0 Å². The van der Waals surface area contributed by atoms with E-state index in [0.29, 0.717) is 12.2 Å². The molecule has 0 spiro atoms. The number of amides is 1. The van der Waals surface area contributed by atoms with Crippen LogP contribution in [0.4, 0.5) is 0 Å². The van der Waals surface area contributed by atoms with Gasteiger partial charge in [0, 0.05) is 10.6 Å². The molecular weight excluding hydrogens is 250 g/mol. The van der Waals surface area contributed by atoms with Gasteiger partial charge in [-0.15, -0.1) is 11.8 Å². The Morgan fingerprint density at radius 1 is 1.50 bits per heavy atom. The zero-order chi connectivity index (χ0) is 13.1. The third-order valence-electron chi connectivity index (χ3n) is 3.04. The average molecular weight is 265 g/mol. The van der Waals surface area contributed by atoms with Gasteiger partial charge < -0.3 is 10.4 Å². The fourth-order valence-electron chi connectivity index (χ4n) is 1.99. The molecule has 0 fully saturated rings. The van der Waals surface area contributed by atoms with Crippen molar-refractivity contribution in [2.24, 2.45) is 0 Å². The number of carboxylic acid groups (broad SMARTS) is 1. The van der Waals surface area contributed by atoms with E-state index in [-0.39, 0.29) is 11.8 Å². The van der Waals surface area contributed by atoms with E-state index in [2.05, 4.69) is 5.32 Å². The van der Waals surface area contributed by atoms with Crippen molar-refractivity contribution in [3.05, 3.63) is 29.8 Å². The first kappa shape index (κ1) is 13.0. The van der Waals surface area contributed by atoms with Crippen LogP contribution < -0.4 is 5.32 Å². The molecule has 1 unspecified atom stereocenters. The number of hydrogen-bond donors (Lipinski definition) is 2. The highest BCUT2D eigenvalue weighted by Crippen LogP contribution is 2.39. The molecule has 1 aliphatic heterocycles. The van der Waals surface area contributed by atoms with Crippen LogP contribution in [0.2, 0.25) is 0 Å². The summed E-state index contributed by atoms with van der Waals surface area (Å²) in [5.41, 5.74) is 1.00. The number of aliphatic carboxylic acids is 1. The number of benzene rings is 1. The number of rotatable bonds is 4. The lowest BCUT2D eigenvalue weighted by molar-refractivity contribution is -0.142. The van der Waals surface area contributed by atoms with Gasteiger partial charge in [0.05, 0.1) is 5.92 Å². The summed E-state index contributed by atoms with van der Waals surface area (Å²) in [4.78, 5) is 24.1. The molecule has 1 heterocycles. The quantitative estimate of drug-likeness (QED) is 0.872. The number of carbonyl (C=O) groups excluding carboxylic acids is 1. The fourth-order valence-corrected chi connectivity index (χ4v) is 3.22. The van der Waals surface area contributed by atoms with E-state index < -0.39 is 12.0 Å². The molecule has 5 heteroatoms. The number of carbonyl (C=O) groups is 2. The van der Waals surface area contributed by atoms with Crippen LogP contribution in [-0.4, -0.2) is 28.8 Å². The van der Waals surface area contributed by atoms with Crippen LogP contribution in [0.1, 0.15) is 24.8 Å².